The molecule has 0 radical (unpaired) electrons. The molecule has 1 aliphatic heterocycles. The van der Waals surface area contributed by atoms with Crippen molar-refractivity contribution in [1.82, 2.24) is 4.90 Å². The number of benzene rings is 1. The number of hydrogen-bond donors (Lipinski definition) is 0. The smallest absolute Gasteiger partial charge is 0.410 e. The summed E-state index contributed by atoms with van der Waals surface area (Å²) in [5, 5.41) is 0. The lowest BCUT2D eigenvalue weighted by molar-refractivity contribution is 0.0158. The lowest BCUT2D eigenvalue weighted by Gasteiger charge is -2.35. The maximum atomic E-state index is 12.2. The molecule has 0 saturated carbocycles. The molecule has 26 heavy (non-hydrogen) atoms. The average Bonchev–Trinajstić information content (AvgIpc) is 2.56. The first-order chi connectivity index (χ1) is 12.2. The van der Waals surface area contributed by atoms with Crippen LogP contribution in [0.2, 0.25) is 0 Å². The SMILES string of the molecule is Cc1cc(OCC[C@@H](C)C2CCN(C(=O)OC(C)(C)C)CC2)ccc1Br. The first-order valence-electron chi connectivity index (χ1n) is 9.52. The van der Waals surface area contributed by atoms with Gasteiger partial charge in [-0.3, -0.25) is 0 Å². The fraction of sp³-hybridized carbons (Fsp3) is 0.667. The van der Waals surface area contributed by atoms with Gasteiger partial charge in [-0.15, -0.1) is 0 Å². The highest BCUT2D eigenvalue weighted by Crippen LogP contribution is 2.28. The van der Waals surface area contributed by atoms with Gasteiger partial charge in [0.25, 0.3) is 0 Å². The number of piperidine rings is 1. The summed E-state index contributed by atoms with van der Waals surface area (Å²) >= 11 is 3.51. The van der Waals surface area contributed by atoms with Crippen molar-refractivity contribution >= 4 is 22.0 Å². The van der Waals surface area contributed by atoms with Gasteiger partial charge in [0.15, 0.2) is 0 Å². The van der Waals surface area contributed by atoms with E-state index < -0.39 is 5.60 Å². The van der Waals surface area contributed by atoms with Crippen molar-refractivity contribution in [1.29, 1.82) is 0 Å². The first kappa shape index (κ1) is 21.1. The van der Waals surface area contributed by atoms with Crippen LogP contribution in [-0.2, 0) is 4.74 Å². The van der Waals surface area contributed by atoms with Crippen molar-refractivity contribution in [2.75, 3.05) is 19.7 Å². The van der Waals surface area contributed by atoms with Gasteiger partial charge in [-0.05, 0) is 82.6 Å². The molecule has 2 rings (SSSR count). The number of likely N-dealkylation sites (tertiary alicyclic amines) is 1. The number of halogens is 1. The zero-order valence-corrected chi connectivity index (χ0v) is 18.3. The largest absolute Gasteiger partial charge is 0.494 e. The highest BCUT2D eigenvalue weighted by molar-refractivity contribution is 9.10. The predicted molar refractivity (Wildman–Crippen MR) is 109 cm³/mol. The molecule has 0 aromatic heterocycles. The monoisotopic (exact) mass is 425 g/mol. The van der Waals surface area contributed by atoms with Gasteiger partial charge >= 0.3 is 6.09 Å². The molecule has 1 aromatic rings. The van der Waals surface area contributed by atoms with E-state index in [1.165, 1.54) is 5.56 Å². The summed E-state index contributed by atoms with van der Waals surface area (Å²) in [6.07, 6.45) is 2.93. The number of ether oxygens (including phenoxy) is 2. The molecule has 1 aliphatic rings. The third-order valence-corrected chi connectivity index (χ3v) is 5.86. The summed E-state index contributed by atoms with van der Waals surface area (Å²) in [5.74, 6) is 2.16. The number of amides is 1. The zero-order chi connectivity index (χ0) is 19.3. The summed E-state index contributed by atoms with van der Waals surface area (Å²) in [7, 11) is 0. The van der Waals surface area contributed by atoms with Gasteiger partial charge in [0.2, 0.25) is 0 Å². The minimum Gasteiger partial charge on any atom is -0.494 e. The Morgan fingerprint density at radius 2 is 1.96 bits per heavy atom. The van der Waals surface area contributed by atoms with E-state index in [0.717, 1.165) is 49.2 Å². The minimum absolute atomic E-state index is 0.183. The molecule has 0 aliphatic carbocycles. The Labute approximate surface area is 166 Å². The van der Waals surface area contributed by atoms with Gasteiger partial charge in [0, 0.05) is 17.6 Å². The summed E-state index contributed by atoms with van der Waals surface area (Å²) in [4.78, 5) is 14.0. The van der Waals surface area contributed by atoms with Crippen molar-refractivity contribution in [2.45, 2.75) is 59.5 Å². The van der Waals surface area contributed by atoms with Crippen molar-refractivity contribution in [2.24, 2.45) is 11.8 Å². The molecule has 4 nitrogen and oxygen atoms in total. The maximum Gasteiger partial charge on any atom is 0.410 e. The molecule has 1 heterocycles. The second-order valence-corrected chi connectivity index (χ2v) is 9.18. The third-order valence-electron chi connectivity index (χ3n) is 4.97. The molecule has 1 aromatic carbocycles. The van der Waals surface area contributed by atoms with Gasteiger partial charge in [-0.2, -0.15) is 0 Å². The van der Waals surface area contributed by atoms with E-state index in [1.807, 2.05) is 37.8 Å². The molecule has 1 fully saturated rings. The van der Waals surface area contributed by atoms with E-state index in [2.05, 4.69) is 35.8 Å². The van der Waals surface area contributed by atoms with E-state index in [4.69, 9.17) is 9.47 Å². The molecule has 0 spiro atoms. The molecule has 0 N–H and O–H groups in total. The van der Waals surface area contributed by atoms with Crippen molar-refractivity contribution in [3.05, 3.63) is 28.2 Å². The Hall–Kier alpha value is -1.23. The van der Waals surface area contributed by atoms with E-state index >= 15 is 0 Å². The molecular weight excluding hydrogens is 394 g/mol. The van der Waals surface area contributed by atoms with Crippen molar-refractivity contribution < 1.29 is 14.3 Å². The number of nitrogens with zero attached hydrogens (tertiary/aromatic N) is 1. The Balaban J connectivity index is 1.71. The fourth-order valence-electron chi connectivity index (χ4n) is 3.28. The Morgan fingerprint density at radius 1 is 1.31 bits per heavy atom. The van der Waals surface area contributed by atoms with Crippen molar-refractivity contribution in [3.63, 3.8) is 0 Å². The van der Waals surface area contributed by atoms with E-state index in [9.17, 15) is 4.79 Å². The topological polar surface area (TPSA) is 38.8 Å². The van der Waals surface area contributed by atoms with Gasteiger partial charge in [-0.1, -0.05) is 22.9 Å². The van der Waals surface area contributed by atoms with Crippen LogP contribution < -0.4 is 4.74 Å². The second kappa shape index (κ2) is 9.12. The molecule has 146 valence electrons. The number of carbonyl (C=O) groups excluding carboxylic acids is 1. The summed E-state index contributed by atoms with van der Waals surface area (Å²) < 4.78 is 12.5. The van der Waals surface area contributed by atoms with Crippen LogP contribution in [-0.4, -0.2) is 36.3 Å². The summed E-state index contributed by atoms with van der Waals surface area (Å²) in [6.45, 7) is 12.4. The van der Waals surface area contributed by atoms with E-state index in [1.54, 1.807) is 0 Å². The maximum absolute atomic E-state index is 12.2. The highest BCUT2D eigenvalue weighted by atomic mass is 79.9. The third kappa shape index (κ3) is 6.49. The normalized spacial score (nSPS) is 17.1. The van der Waals surface area contributed by atoms with Gasteiger partial charge < -0.3 is 14.4 Å². The van der Waals surface area contributed by atoms with E-state index in [-0.39, 0.29) is 6.09 Å². The molecule has 1 amide bonds. The Kier molecular flexibility index (Phi) is 7.39. The van der Waals surface area contributed by atoms with Crippen LogP contribution in [0, 0.1) is 18.8 Å². The molecule has 0 bridgehead atoms. The second-order valence-electron chi connectivity index (χ2n) is 8.33. The van der Waals surface area contributed by atoms with Gasteiger partial charge in [0.05, 0.1) is 6.61 Å². The highest BCUT2D eigenvalue weighted by Gasteiger charge is 2.29. The fourth-order valence-corrected chi connectivity index (χ4v) is 3.53. The van der Waals surface area contributed by atoms with Crippen LogP contribution in [0.5, 0.6) is 5.75 Å². The first-order valence-corrected chi connectivity index (χ1v) is 10.3. The lowest BCUT2D eigenvalue weighted by atomic mass is 9.84. The van der Waals surface area contributed by atoms with Crippen LogP contribution in [0.4, 0.5) is 4.79 Å². The molecular formula is C21H32BrNO3. The van der Waals surface area contributed by atoms with Crippen LogP contribution in [0.15, 0.2) is 22.7 Å². The number of carbonyl (C=O) groups is 1. The number of hydrogen-bond acceptors (Lipinski definition) is 3. The average molecular weight is 426 g/mol. The Morgan fingerprint density at radius 3 is 2.54 bits per heavy atom. The summed E-state index contributed by atoms with van der Waals surface area (Å²) in [5.41, 5.74) is 0.759. The van der Waals surface area contributed by atoms with Crippen LogP contribution in [0.25, 0.3) is 0 Å². The van der Waals surface area contributed by atoms with Crippen molar-refractivity contribution in [3.8, 4) is 5.75 Å². The van der Waals surface area contributed by atoms with Gasteiger partial charge in [0.1, 0.15) is 11.4 Å². The number of rotatable bonds is 5. The molecule has 1 atom stereocenters. The summed E-state index contributed by atoms with van der Waals surface area (Å²) in [6, 6.07) is 6.09. The van der Waals surface area contributed by atoms with Crippen LogP contribution >= 0.6 is 15.9 Å². The predicted octanol–water partition coefficient (Wildman–Crippen LogP) is 5.81. The standard InChI is InChI=1S/C21H32BrNO3/c1-15(10-13-25-18-6-7-19(22)16(2)14-18)17-8-11-23(12-9-17)20(24)26-21(3,4)5/h6-7,14-15,17H,8-13H2,1-5H3/t15-/m1/s1. The van der Waals surface area contributed by atoms with Crippen LogP contribution in [0.1, 0.15) is 52.5 Å². The Bertz CT molecular complexity index is 604. The minimum atomic E-state index is -0.427. The molecule has 1 saturated heterocycles. The molecule has 5 heteroatoms. The van der Waals surface area contributed by atoms with E-state index in [0.29, 0.717) is 11.8 Å². The quantitative estimate of drug-likeness (QED) is 0.597. The van der Waals surface area contributed by atoms with Gasteiger partial charge in [-0.25, -0.2) is 4.79 Å². The lowest BCUT2D eigenvalue weighted by Crippen LogP contribution is -2.42. The van der Waals surface area contributed by atoms with Crippen LogP contribution in [0.3, 0.4) is 0 Å². The zero-order valence-electron chi connectivity index (χ0n) is 16.7. The number of aryl methyl sites for hydroxylation is 1. The molecule has 0 unspecified atom stereocenters.